The Labute approximate surface area is 111 Å². The quantitative estimate of drug-likeness (QED) is 0.823. The van der Waals surface area contributed by atoms with Crippen LogP contribution < -0.4 is 11.1 Å². The minimum Gasteiger partial charge on any atom is -0.366 e. The van der Waals surface area contributed by atoms with Gasteiger partial charge in [-0.1, -0.05) is 17.7 Å². The Morgan fingerprint density at radius 1 is 1.39 bits per heavy atom. The Balaban J connectivity index is 2.58. The Morgan fingerprint density at radius 3 is 2.56 bits per heavy atom. The summed E-state index contributed by atoms with van der Waals surface area (Å²) in [6.45, 7) is 0.693. The molecular formula is C12H16ClN3O2. The van der Waals surface area contributed by atoms with Crippen LogP contribution in [-0.4, -0.2) is 37.4 Å². The van der Waals surface area contributed by atoms with Crippen molar-refractivity contribution in [3.63, 3.8) is 0 Å². The molecule has 0 unspecified atom stereocenters. The first kappa shape index (κ1) is 14.5. The van der Waals surface area contributed by atoms with Crippen molar-refractivity contribution in [3.05, 3.63) is 34.3 Å². The van der Waals surface area contributed by atoms with Crippen molar-refractivity contribution >= 4 is 23.4 Å². The van der Waals surface area contributed by atoms with Gasteiger partial charge in [0.1, 0.15) is 0 Å². The Kier molecular flexibility index (Phi) is 5.12. The number of primary amides is 1. The van der Waals surface area contributed by atoms with E-state index in [9.17, 15) is 9.59 Å². The minimum atomic E-state index is -0.515. The molecule has 5 nitrogen and oxygen atoms in total. The predicted molar refractivity (Wildman–Crippen MR) is 70.4 cm³/mol. The molecule has 2 amide bonds. The monoisotopic (exact) mass is 269 g/mol. The van der Waals surface area contributed by atoms with E-state index in [0.717, 1.165) is 5.56 Å². The molecule has 1 rings (SSSR count). The number of benzene rings is 1. The summed E-state index contributed by atoms with van der Waals surface area (Å²) in [5.74, 6) is -0.529. The lowest BCUT2D eigenvalue weighted by Gasteiger charge is -2.11. The molecule has 6 heteroatoms. The Bertz CT molecular complexity index is 461. The second-order valence-corrected chi connectivity index (χ2v) is 4.47. The van der Waals surface area contributed by atoms with Gasteiger partial charge in [-0.3, -0.25) is 9.59 Å². The molecule has 1 aromatic carbocycles. The molecule has 0 fully saturated rings. The highest BCUT2D eigenvalue weighted by Crippen LogP contribution is 2.17. The van der Waals surface area contributed by atoms with Gasteiger partial charge in [0.25, 0.3) is 0 Å². The maximum absolute atomic E-state index is 11.3. The normalized spacial score (nSPS) is 10.2. The highest BCUT2D eigenvalue weighted by atomic mass is 35.5. The van der Waals surface area contributed by atoms with Gasteiger partial charge in [0.2, 0.25) is 11.8 Å². The lowest BCUT2D eigenvalue weighted by atomic mass is 10.1. The van der Waals surface area contributed by atoms with Crippen molar-refractivity contribution in [2.45, 2.75) is 6.54 Å². The SMILES string of the molecule is CN(C)C(=O)CNCc1ccc(C(N)=O)cc1Cl. The fraction of sp³-hybridized carbons (Fsp3) is 0.333. The molecule has 18 heavy (non-hydrogen) atoms. The van der Waals surface area contributed by atoms with E-state index in [1.54, 1.807) is 26.2 Å². The molecular weight excluding hydrogens is 254 g/mol. The van der Waals surface area contributed by atoms with E-state index in [0.29, 0.717) is 17.1 Å². The van der Waals surface area contributed by atoms with Crippen LogP contribution in [0.2, 0.25) is 5.02 Å². The number of halogens is 1. The molecule has 0 aliphatic heterocycles. The molecule has 0 radical (unpaired) electrons. The summed E-state index contributed by atoms with van der Waals surface area (Å²) >= 11 is 6.01. The summed E-state index contributed by atoms with van der Waals surface area (Å²) in [5.41, 5.74) is 6.32. The maximum Gasteiger partial charge on any atom is 0.248 e. The van der Waals surface area contributed by atoms with Crippen LogP contribution in [0.5, 0.6) is 0 Å². The third-order valence-corrected chi connectivity index (χ3v) is 2.78. The van der Waals surface area contributed by atoms with Gasteiger partial charge in [0.05, 0.1) is 6.54 Å². The zero-order valence-corrected chi connectivity index (χ0v) is 11.1. The lowest BCUT2D eigenvalue weighted by Crippen LogP contribution is -2.32. The van der Waals surface area contributed by atoms with E-state index in [1.807, 2.05) is 0 Å². The van der Waals surface area contributed by atoms with Crippen molar-refractivity contribution in [2.75, 3.05) is 20.6 Å². The van der Waals surface area contributed by atoms with Gasteiger partial charge in [-0.25, -0.2) is 0 Å². The van der Waals surface area contributed by atoms with Crippen molar-refractivity contribution in [2.24, 2.45) is 5.73 Å². The summed E-state index contributed by atoms with van der Waals surface area (Å²) in [5, 5.41) is 3.44. The van der Waals surface area contributed by atoms with E-state index in [2.05, 4.69) is 5.32 Å². The number of carbonyl (C=O) groups excluding carboxylic acids is 2. The predicted octanol–water partition coefficient (Wildman–Crippen LogP) is 0.617. The first-order valence-electron chi connectivity index (χ1n) is 5.41. The largest absolute Gasteiger partial charge is 0.366 e. The van der Waals surface area contributed by atoms with E-state index in [4.69, 9.17) is 17.3 Å². The number of carbonyl (C=O) groups is 2. The second-order valence-electron chi connectivity index (χ2n) is 4.06. The van der Waals surface area contributed by atoms with Crippen LogP contribution in [0.1, 0.15) is 15.9 Å². The van der Waals surface area contributed by atoms with Crippen LogP contribution in [-0.2, 0) is 11.3 Å². The van der Waals surface area contributed by atoms with Gasteiger partial charge in [-0.15, -0.1) is 0 Å². The maximum atomic E-state index is 11.3. The van der Waals surface area contributed by atoms with Crippen molar-refractivity contribution in [1.29, 1.82) is 0 Å². The summed E-state index contributed by atoms with van der Waals surface area (Å²) < 4.78 is 0. The highest BCUT2D eigenvalue weighted by Gasteiger charge is 2.07. The van der Waals surface area contributed by atoms with Crippen molar-refractivity contribution in [3.8, 4) is 0 Å². The van der Waals surface area contributed by atoms with Gasteiger partial charge in [-0.2, -0.15) is 0 Å². The molecule has 1 aromatic rings. The van der Waals surface area contributed by atoms with E-state index >= 15 is 0 Å². The first-order chi connectivity index (χ1) is 8.41. The molecule has 0 saturated heterocycles. The molecule has 0 saturated carbocycles. The smallest absolute Gasteiger partial charge is 0.248 e. The van der Waals surface area contributed by atoms with Crippen LogP contribution >= 0.6 is 11.6 Å². The van der Waals surface area contributed by atoms with Crippen LogP contribution in [0.3, 0.4) is 0 Å². The third kappa shape index (κ3) is 4.01. The lowest BCUT2D eigenvalue weighted by molar-refractivity contribution is -0.127. The molecule has 0 heterocycles. The fourth-order valence-corrected chi connectivity index (χ4v) is 1.55. The summed E-state index contributed by atoms with van der Waals surface area (Å²) in [6, 6.07) is 4.85. The van der Waals surface area contributed by atoms with E-state index in [-0.39, 0.29) is 12.5 Å². The molecule has 0 atom stereocenters. The average molecular weight is 270 g/mol. The highest BCUT2D eigenvalue weighted by molar-refractivity contribution is 6.31. The fourth-order valence-electron chi connectivity index (χ4n) is 1.31. The number of hydrogen-bond donors (Lipinski definition) is 2. The molecule has 0 aliphatic carbocycles. The van der Waals surface area contributed by atoms with Gasteiger partial charge < -0.3 is 16.0 Å². The Hall–Kier alpha value is -1.59. The van der Waals surface area contributed by atoms with E-state index in [1.165, 1.54) is 11.0 Å². The topological polar surface area (TPSA) is 75.4 Å². The number of nitrogens with zero attached hydrogens (tertiary/aromatic N) is 1. The minimum absolute atomic E-state index is 0.0140. The third-order valence-electron chi connectivity index (χ3n) is 2.43. The molecule has 0 bridgehead atoms. The summed E-state index contributed by atoms with van der Waals surface area (Å²) in [7, 11) is 3.39. The first-order valence-corrected chi connectivity index (χ1v) is 5.78. The molecule has 0 aromatic heterocycles. The van der Waals surface area contributed by atoms with Crippen LogP contribution in [0, 0.1) is 0 Å². The standard InChI is InChI=1S/C12H16ClN3O2/c1-16(2)11(17)7-15-6-9-4-3-8(12(14)18)5-10(9)13/h3-5,15H,6-7H2,1-2H3,(H2,14,18). The number of hydrogen-bond acceptors (Lipinski definition) is 3. The van der Waals surface area contributed by atoms with Crippen molar-refractivity contribution < 1.29 is 9.59 Å². The molecule has 3 N–H and O–H groups in total. The number of likely N-dealkylation sites (N-methyl/N-ethyl adjacent to an activating group) is 1. The van der Waals surface area contributed by atoms with Gasteiger partial charge in [0, 0.05) is 31.2 Å². The van der Waals surface area contributed by atoms with Crippen LogP contribution in [0.15, 0.2) is 18.2 Å². The van der Waals surface area contributed by atoms with Crippen molar-refractivity contribution in [1.82, 2.24) is 10.2 Å². The molecule has 0 spiro atoms. The Morgan fingerprint density at radius 2 is 2.06 bits per heavy atom. The molecule has 98 valence electrons. The van der Waals surface area contributed by atoms with Gasteiger partial charge in [-0.05, 0) is 17.7 Å². The van der Waals surface area contributed by atoms with Crippen LogP contribution in [0.25, 0.3) is 0 Å². The average Bonchev–Trinajstić information content (AvgIpc) is 2.30. The van der Waals surface area contributed by atoms with Crippen LogP contribution in [0.4, 0.5) is 0 Å². The number of nitrogens with one attached hydrogen (secondary N) is 1. The summed E-state index contributed by atoms with van der Waals surface area (Å²) in [6.07, 6.45) is 0. The number of amides is 2. The van der Waals surface area contributed by atoms with E-state index < -0.39 is 5.91 Å². The second kappa shape index (κ2) is 6.37. The molecule has 0 aliphatic rings. The zero-order chi connectivity index (χ0) is 13.7. The zero-order valence-electron chi connectivity index (χ0n) is 10.4. The van der Waals surface area contributed by atoms with Gasteiger partial charge in [0.15, 0.2) is 0 Å². The number of rotatable bonds is 5. The number of nitrogens with two attached hydrogens (primary N) is 1. The van der Waals surface area contributed by atoms with Gasteiger partial charge >= 0.3 is 0 Å². The summed E-state index contributed by atoms with van der Waals surface area (Å²) in [4.78, 5) is 23.8.